The summed E-state index contributed by atoms with van der Waals surface area (Å²) in [4.78, 5) is 12.3. The van der Waals surface area contributed by atoms with Crippen LogP contribution in [-0.2, 0) is 4.79 Å². The zero-order chi connectivity index (χ0) is 15.1. The van der Waals surface area contributed by atoms with Crippen molar-refractivity contribution in [3.05, 3.63) is 71.8 Å². The predicted octanol–water partition coefficient (Wildman–Crippen LogP) is 3.42. The number of carbonyl (C=O) groups is 1. The number of nitrogens with two attached hydrogens (primary N) is 1. The van der Waals surface area contributed by atoms with Crippen molar-refractivity contribution in [2.75, 3.05) is 6.54 Å². The first-order valence-electron chi connectivity index (χ1n) is 7.35. The van der Waals surface area contributed by atoms with Crippen molar-refractivity contribution < 1.29 is 4.79 Å². The molecule has 3 N–H and O–H groups in total. The lowest BCUT2D eigenvalue weighted by Gasteiger charge is -2.18. The molecule has 0 aromatic heterocycles. The molecule has 2 aromatic rings. The molecule has 2 unspecified atom stereocenters. The second-order valence-corrected chi connectivity index (χ2v) is 5.13. The van der Waals surface area contributed by atoms with Gasteiger partial charge >= 0.3 is 0 Å². The van der Waals surface area contributed by atoms with Crippen LogP contribution in [-0.4, -0.2) is 12.5 Å². The van der Waals surface area contributed by atoms with Crippen molar-refractivity contribution >= 4 is 18.3 Å². The molecular weight excluding hydrogens is 296 g/mol. The summed E-state index contributed by atoms with van der Waals surface area (Å²) in [5.41, 5.74) is 8.19. The van der Waals surface area contributed by atoms with E-state index in [1.807, 2.05) is 67.6 Å². The highest BCUT2D eigenvalue weighted by Gasteiger charge is 2.18. The molecule has 0 radical (unpaired) electrons. The molecule has 0 saturated carbocycles. The average molecular weight is 319 g/mol. The van der Waals surface area contributed by atoms with E-state index in [-0.39, 0.29) is 30.3 Å². The van der Waals surface area contributed by atoms with Gasteiger partial charge in [-0.05, 0) is 17.5 Å². The summed E-state index contributed by atoms with van der Waals surface area (Å²) < 4.78 is 0. The Labute approximate surface area is 138 Å². The van der Waals surface area contributed by atoms with Crippen LogP contribution < -0.4 is 11.1 Å². The number of rotatable bonds is 6. The first-order chi connectivity index (χ1) is 10.2. The Kier molecular flexibility index (Phi) is 7.64. The number of nitrogens with one attached hydrogen (secondary N) is 1. The van der Waals surface area contributed by atoms with E-state index in [0.717, 1.165) is 17.5 Å². The Morgan fingerprint density at radius 1 is 1.00 bits per heavy atom. The molecule has 0 bridgehead atoms. The van der Waals surface area contributed by atoms with Crippen molar-refractivity contribution in [3.63, 3.8) is 0 Å². The van der Waals surface area contributed by atoms with Gasteiger partial charge in [-0.1, -0.05) is 67.6 Å². The molecular formula is C18H23ClN2O. The van der Waals surface area contributed by atoms with E-state index in [1.54, 1.807) is 0 Å². The second-order valence-electron chi connectivity index (χ2n) is 5.13. The molecule has 2 aromatic carbocycles. The van der Waals surface area contributed by atoms with E-state index in [9.17, 15) is 4.79 Å². The number of amides is 1. The highest BCUT2D eigenvalue weighted by Crippen LogP contribution is 2.19. The van der Waals surface area contributed by atoms with E-state index in [1.165, 1.54) is 0 Å². The summed E-state index contributed by atoms with van der Waals surface area (Å²) in [6.07, 6.45) is 0.774. The molecule has 0 aliphatic rings. The fraction of sp³-hybridized carbons (Fsp3) is 0.278. The monoisotopic (exact) mass is 318 g/mol. The minimum absolute atomic E-state index is 0. The van der Waals surface area contributed by atoms with Crippen LogP contribution in [0.3, 0.4) is 0 Å². The zero-order valence-electron chi connectivity index (χ0n) is 12.7. The molecule has 2 rings (SSSR count). The maximum Gasteiger partial charge on any atom is 0.227 e. The first kappa shape index (κ1) is 18.2. The molecule has 22 heavy (non-hydrogen) atoms. The van der Waals surface area contributed by atoms with E-state index in [0.29, 0.717) is 6.54 Å². The van der Waals surface area contributed by atoms with Crippen LogP contribution >= 0.6 is 12.4 Å². The van der Waals surface area contributed by atoms with Gasteiger partial charge in [0.2, 0.25) is 5.91 Å². The topological polar surface area (TPSA) is 55.1 Å². The largest absolute Gasteiger partial charge is 0.354 e. The van der Waals surface area contributed by atoms with E-state index in [2.05, 4.69) is 5.32 Å². The van der Waals surface area contributed by atoms with E-state index in [4.69, 9.17) is 5.73 Å². The van der Waals surface area contributed by atoms with Crippen molar-refractivity contribution in [2.45, 2.75) is 25.3 Å². The van der Waals surface area contributed by atoms with Crippen molar-refractivity contribution in [3.8, 4) is 0 Å². The van der Waals surface area contributed by atoms with Gasteiger partial charge < -0.3 is 11.1 Å². The molecule has 4 heteroatoms. The quantitative estimate of drug-likeness (QED) is 0.857. The lowest BCUT2D eigenvalue weighted by molar-refractivity contribution is -0.122. The Morgan fingerprint density at radius 2 is 1.50 bits per heavy atom. The third-order valence-corrected chi connectivity index (χ3v) is 3.65. The van der Waals surface area contributed by atoms with Crippen LogP contribution in [0, 0.1) is 0 Å². The molecule has 0 spiro atoms. The van der Waals surface area contributed by atoms with E-state index < -0.39 is 0 Å². The smallest absolute Gasteiger partial charge is 0.227 e. The Bertz CT molecular complexity index is 560. The predicted molar refractivity (Wildman–Crippen MR) is 93.1 cm³/mol. The second kappa shape index (κ2) is 9.23. The van der Waals surface area contributed by atoms with Gasteiger partial charge in [0, 0.05) is 12.6 Å². The van der Waals surface area contributed by atoms with Gasteiger partial charge in [-0.15, -0.1) is 12.4 Å². The number of carbonyl (C=O) groups excluding carboxylic acids is 1. The highest BCUT2D eigenvalue weighted by atomic mass is 35.5. The van der Waals surface area contributed by atoms with Gasteiger partial charge in [0.25, 0.3) is 0 Å². The molecule has 0 fully saturated rings. The van der Waals surface area contributed by atoms with Crippen molar-refractivity contribution in [1.82, 2.24) is 5.32 Å². The maximum atomic E-state index is 12.3. The van der Waals surface area contributed by atoms with Crippen LogP contribution in [0.25, 0.3) is 0 Å². The van der Waals surface area contributed by atoms with Crippen LogP contribution in [0.2, 0.25) is 0 Å². The van der Waals surface area contributed by atoms with Crippen LogP contribution in [0.15, 0.2) is 60.7 Å². The first-order valence-corrected chi connectivity index (χ1v) is 7.35. The summed E-state index contributed by atoms with van der Waals surface area (Å²) in [6.45, 7) is 2.47. The minimum Gasteiger partial charge on any atom is -0.354 e. The lowest BCUT2D eigenvalue weighted by Crippen LogP contribution is -2.35. The van der Waals surface area contributed by atoms with Gasteiger partial charge in [0.1, 0.15) is 0 Å². The van der Waals surface area contributed by atoms with Crippen molar-refractivity contribution in [2.24, 2.45) is 5.73 Å². The Morgan fingerprint density at radius 3 is 2.00 bits per heavy atom. The summed E-state index contributed by atoms with van der Waals surface area (Å²) in [5, 5.41) is 2.97. The maximum absolute atomic E-state index is 12.3. The van der Waals surface area contributed by atoms with Gasteiger partial charge in [-0.25, -0.2) is 0 Å². The van der Waals surface area contributed by atoms with Crippen LogP contribution in [0.1, 0.15) is 36.4 Å². The van der Waals surface area contributed by atoms with Gasteiger partial charge in [-0.3, -0.25) is 4.79 Å². The van der Waals surface area contributed by atoms with Gasteiger partial charge in [0.15, 0.2) is 0 Å². The lowest BCUT2D eigenvalue weighted by atomic mass is 9.95. The SMILES string of the molecule is CCC(C(=O)NCC(N)c1ccccc1)c1ccccc1.Cl. The third kappa shape index (κ3) is 4.86. The van der Waals surface area contributed by atoms with Gasteiger partial charge in [-0.2, -0.15) is 0 Å². The molecule has 0 heterocycles. The number of hydrogen-bond donors (Lipinski definition) is 2. The molecule has 3 nitrogen and oxygen atoms in total. The molecule has 118 valence electrons. The standard InChI is InChI=1S/C18H22N2O.ClH/c1-2-16(14-9-5-3-6-10-14)18(21)20-13-17(19)15-11-7-4-8-12-15;/h3-12,16-17H,2,13,19H2,1H3,(H,20,21);1H. The van der Waals surface area contributed by atoms with Gasteiger partial charge in [0.05, 0.1) is 5.92 Å². The van der Waals surface area contributed by atoms with Crippen LogP contribution in [0.5, 0.6) is 0 Å². The molecule has 2 atom stereocenters. The number of halogens is 1. The third-order valence-electron chi connectivity index (χ3n) is 3.65. The number of hydrogen-bond acceptors (Lipinski definition) is 2. The van der Waals surface area contributed by atoms with E-state index >= 15 is 0 Å². The Balaban J connectivity index is 0.00000242. The average Bonchev–Trinajstić information content (AvgIpc) is 2.55. The van der Waals surface area contributed by atoms with Crippen LogP contribution in [0.4, 0.5) is 0 Å². The summed E-state index contributed by atoms with van der Waals surface area (Å²) in [5.74, 6) is -0.0794. The zero-order valence-corrected chi connectivity index (χ0v) is 13.6. The minimum atomic E-state index is -0.177. The normalized spacial score (nSPS) is 12.8. The Hall–Kier alpha value is -1.84. The molecule has 0 aliphatic carbocycles. The summed E-state index contributed by atoms with van der Waals surface area (Å²) in [6, 6.07) is 19.5. The molecule has 0 aliphatic heterocycles. The fourth-order valence-corrected chi connectivity index (χ4v) is 2.41. The summed E-state index contributed by atoms with van der Waals surface area (Å²) in [7, 11) is 0. The summed E-state index contributed by atoms with van der Waals surface area (Å²) >= 11 is 0. The highest BCUT2D eigenvalue weighted by molar-refractivity contribution is 5.85. The fourth-order valence-electron chi connectivity index (χ4n) is 2.41. The van der Waals surface area contributed by atoms with Crippen molar-refractivity contribution in [1.29, 1.82) is 0 Å². The number of benzene rings is 2. The molecule has 0 saturated heterocycles. The molecule has 1 amide bonds.